The molecule has 0 unspecified atom stereocenters. The molecule has 2 heterocycles. The van der Waals surface area contributed by atoms with Crippen molar-refractivity contribution in [2.24, 2.45) is 0 Å². The number of carbonyl (C=O) groups is 1. The van der Waals surface area contributed by atoms with Gasteiger partial charge in [0.15, 0.2) is 5.82 Å². The summed E-state index contributed by atoms with van der Waals surface area (Å²) < 4.78 is 10.3. The van der Waals surface area contributed by atoms with Gasteiger partial charge in [0.1, 0.15) is 0 Å². The third-order valence-corrected chi connectivity index (χ3v) is 3.63. The number of hydrogen-bond donors (Lipinski definition) is 2. The molecule has 2 N–H and O–H groups in total. The molecule has 0 aliphatic heterocycles. The van der Waals surface area contributed by atoms with Crippen molar-refractivity contribution in [3.63, 3.8) is 0 Å². The normalized spacial score (nSPS) is 10.5. The molecule has 0 saturated heterocycles. The molecule has 0 bridgehead atoms. The number of pyridine rings is 1. The summed E-state index contributed by atoms with van der Waals surface area (Å²) in [4.78, 5) is 16.6. The first kappa shape index (κ1) is 16.7. The number of methoxy groups -OCH3 is 2. The Balaban J connectivity index is 1.93. The van der Waals surface area contributed by atoms with E-state index < -0.39 is 0 Å². The van der Waals surface area contributed by atoms with Crippen LogP contribution < -0.4 is 10.1 Å². The summed E-state index contributed by atoms with van der Waals surface area (Å²) in [6.07, 6.45) is 1.52. The molecule has 0 aliphatic rings. The van der Waals surface area contributed by atoms with Crippen LogP contribution in [0.4, 0.5) is 5.82 Å². The highest BCUT2D eigenvalue weighted by molar-refractivity contribution is 6.05. The van der Waals surface area contributed by atoms with Crippen LogP contribution in [0.5, 0.6) is 5.88 Å². The molecule has 0 atom stereocenters. The molecular weight excluding hydrogens is 320 g/mol. The molecular formula is C18H18N4O3. The Morgan fingerprint density at radius 2 is 2.00 bits per heavy atom. The van der Waals surface area contributed by atoms with Gasteiger partial charge in [0.05, 0.1) is 19.4 Å². The number of rotatable bonds is 6. The van der Waals surface area contributed by atoms with Crippen molar-refractivity contribution in [2.45, 2.75) is 6.61 Å². The maximum absolute atomic E-state index is 12.6. The Bertz CT molecular complexity index is 862. The van der Waals surface area contributed by atoms with Crippen LogP contribution in [0.1, 0.15) is 16.1 Å². The average Bonchev–Trinajstić information content (AvgIpc) is 3.05. The van der Waals surface area contributed by atoms with Crippen molar-refractivity contribution >= 4 is 11.7 Å². The van der Waals surface area contributed by atoms with Gasteiger partial charge in [0.25, 0.3) is 5.91 Å². The minimum atomic E-state index is -0.298. The molecule has 2 aromatic heterocycles. The number of aromatic nitrogens is 3. The predicted molar refractivity (Wildman–Crippen MR) is 93.5 cm³/mol. The number of ether oxygens (including phenoxy) is 2. The zero-order chi connectivity index (χ0) is 17.6. The maximum atomic E-state index is 12.6. The Hall–Kier alpha value is -3.19. The fourth-order valence-corrected chi connectivity index (χ4v) is 2.48. The van der Waals surface area contributed by atoms with E-state index in [1.807, 2.05) is 30.3 Å². The van der Waals surface area contributed by atoms with Crippen LogP contribution in [-0.2, 0) is 11.3 Å². The smallest absolute Gasteiger partial charge is 0.257 e. The molecule has 3 rings (SSSR count). The summed E-state index contributed by atoms with van der Waals surface area (Å²) in [6, 6.07) is 12.9. The first-order valence-electron chi connectivity index (χ1n) is 7.66. The second-order valence-electron chi connectivity index (χ2n) is 5.27. The molecule has 0 aliphatic carbocycles. The van der Waals surface area contributed by atoms with E-state index in [2.05, 4.69) is 20.5 Å². The highest BCUT2D eigenvalue weighted by Crippen LogP contribution is 2.30. The van der Waals surface area contributed by atoms with Crippen LogP contribution in [0.3, 0.4) is 0 Å². The Morgan fingerprint density at radius 3 is 2.72 bits per heavy atom. The largest absolute Gasteiger partial charge is 0.481 e. The van der Waals surface area contributed by atoms with Crippen LogP contribution in [0.2, 0.25) is 0 Å². The maximum Gasteiger partial charge on any atom is 0.257 e. The Morgan fingerprint density at radius 1 is 1.20 bits per heavy atom. The predicted octanol–water partition coefficient (Wildman–Crippen LogP) is 2.88. The summed E-state index contributed by atoms with van der Waals surface area (Å²) in [5.41, 5.74) is 2.96. The SMILES string of the molecule is COCc1[nH]nc(NC(=O)c2ccnc(OC)c2)c1-c1ccccc1. The van der Waals surface area contributed by atoms with Crippen LogP contribution >= 0.6 is 0 Å². The number of nitrogens with zero attached hydrogens (tertiary/aromatic N) is 2. The fourth-order valence-electron chi connectivity index (χ4n) is 2.48. The standard InChI is InChI=1S/C18H18N4O3/c1-24-11-14-16(12-6-4-3-5-7-12)17(22-21-14)20-18(23)13-8-9-19-15(10-13)25-2/h3-10H,11H2,1-2H3,(H2,20,21,22,23). The van der Waals surface area contributed by atoms with Crippen LogP contribution in [0, 0.1) is 0 Å². The van der Waals surface area contributed by atoms with Crippen LogP contribution in [0.15, 0.2) is 48.7 Å². The van der Waals surface area contributed by atoms with Gasteiger partial charge in [-0.3, -0.25) is 9.89 Å². The molecule has 1 aromatic carbocycles. The third-order valence-electron chi connectivity index (χ3n) is 3.63. The number of H-pyrrole nitrogens is 1. The van der Waals surface area contributed by atoms with E-state index in [9.17, 15) is 4.79 Å². The number of nitrogens with one attached hydrogen (secondary N) is 2. The second kappa shape index (κ2) is 7.59. The molecule has 1 amide bonds. The molecule has 0 fully saturated rings. The van der Waals surface area contributed by atoms with Gasteiger partial charge in [-0.15, -0.1) is 0 Å². The van der Waals surface area contributed by atoms with Gasteiger partial charge in [0.2, 0.25) is 5.88 Å². The summed E-state index contributed by atoms with van der Waals surface area (Å²) in [7, 11) is 3.11. The monoisotopic (exact) mass is 338 g/mol. The first-order valence-corrected chi connectivity index (χ1v) is 7.66. The summed E-state index contributed by atoms with van der Waals surface area (Å²) in [5.74, 6) is 0.519. The molecule has 7 nitrogen and oxygen atoms in total. The number of carbonyl (C=O) groups excluding carboxylic acids is 1. The van der Waals surface area contributed by atoms with Crippen LogP contribution in [-0.4, -0.2) is 35.3 Å². The van der Waals surface area contributed by atoms with E-state index in [0.717, 1.165) is 16.8 Å². The van der Waals surface area contributed by atoms with E-state index >= 15 is 0 Å². The summed E-state index contributed by atoms with van der Waals surface area (Å²) >= 11 is 0. The van der Waals surface area contributed by atoms with E-state index in [4.69, 9.17) is 9.47 Å². The van der Waals surface area contributed by atoms with Crippen molar-refractivity contribution in [1.29, 1.82) is 0 Å². The number of benzene rings is 1. The van der Waals surface area contributed by atoms with Gasteiger partial charge in [-0.25, -0.2) is 4.98 Å². The van der Waals surface area contributed by atoms with Crippen LogP contribution in [0.25, 0.3) is 11.1 Å². The lowest BCUT2D eigenvalue weighted by Gasteiger charge is -2.08. The summed E-state index contributed by atoms with van der Waals surface area (Å²) in [6.45, 7) is 0.357. The third kappa shape index (κ3) is 3.67. The lowest BCUT2D eigenvalue weighted by atomic mass is 10.1. The minimum absolute atomic E-state index is 0.298. The van der Waals surface area contributed by atoms with Crippen molar-refractivity contribution < 1.29 is 14.3 Å². The average molecular weight is 338 g/mol. The first-order chi connectivity index (χ1) is 12.2. The molecule has 0 saturated carbocycles. The zero-order valence-corrected chi connectivity index (χ0v) is 13.9. The minimum Gasteiger partial charge on any atom is -0.481 e. The lowest BCUT2D eigenvalue weighted by molar-refractivity contribution is 0.102. The van der Waals surface area contributed by atoms with E-state index in [0.29, 0.717) is 23.9 Å². The van der Waals surface area contributed by atoms with Crippen molar-refractivity contribution in [2.75, 3.05) is 19.5 Å². The van der Waals surface area contributed by atoms with Gasteiger partial charge in [0, 0.05) is 30.5 Å². The second-order valence-corrected chi connectivity index (χ2v) is 5.27. The van der Waals surface area contributed by atoms with E-state index in [1.54, 1.807) is 19.2 Å². The Labute approximate surface area is 145 Å². The van der Waals surface area contributed by atoms with Gasteiger partial charge in [-0.05, 0) is 11.6 Å². The fraction of sp³-hybridized carbons (Fsp3) is 0.167. The number of aromatic amines is 1. The number of anilines is 1. The number of amides is 1. The lowest BCUT2D eigenvalue weighted by Crippen LogP contribution is -2.13. The van der Waals surface area contributed by atoms with Gasteiger partial charge < -0.3 is 14.8 Å². The molecule has 7 heteroatoms. The van der Waals surface area contributed by atoms with Gasteiger partial charge in [-0.1, -0.05) is 30.3 Å². The van der Waals surface area contributed by atoms with Crippen molar-refractivity contribution in [3.8, 4) is 17.0 Å². The topological polar surface area (TPSA) is 89.1 Å². The van der Waals surface area contributed by atoms with E-state index in [-0.39, 0.29) is 5.91 Å². The molecule has 128 valence electrons. The molecule has 0 spiro atoms. The molecule has 3 aromatic rings. The Kier molecular flexibility index (Phi) is 5.06. The highest BCUT2D eigenvalue weighted by Gasteiger charge is 2.18. The summed E-state index contributed by atoms with van der Waals surface area (Å²) in [5, 5.41) is 10.00. The van der Waals surface area contributed by atoms with Crippen molar-refractivity contribution in [3.05, 3.63) is 59.9 Å². The number of hydrogen-bond acceptors (Lipinski definition) is 5. The molecule has 0 radical (unpaired) electrons. The molecule has 25 heavy (non-hydrogen) atoms. The van der Waals surface area contributed by atoms with Crippen molar-refractivity contribution in [1.82, 2.24) is 15.2 Å². The van der Waals surface area contributed by atoms with Gasteiger partial charge in [-0.2, -0.15) is 5.10 Å². The van der Waals surface area contributed by atoms with Gasteiger partial charge >= 0.3 is 0 Å². The quantitative estimate of drug-likeness (QED) is 0.721. The highest BCUT2D eigenvalue weighted by atomic mass is 16.5. The van der Waals surface area contributed by atoms with E-state index in [1.165, 1.54) is 13.3 Å². The zero-order valence-electron chi connectivity index (χ0n) is 13.9.